The Balaban J connectivity index is 3.33. The van der Waals surface area contributed by atoms with Crippen LogP contribution in [0.1, 0.15) is 35.7 Å². The van der Waals surface area contributed by atoms with E-state index >= 15 is 0 Å². The van der Waals surface area contributed by atoms with E-state index in [0.717, 1.165) is 6.07 Å². The molecular weight excluding hydrogens is 190 g/mol. The van der Waals surface area contributed by atoms with Crippen LogP contribution in [0.25, 0.3) is 0 Å². The van der Waals surface area contributed by atoms with Crippen LogP contribution in [-0.4, -0.2) is 11.1 Å². The van der Waals surface area contributed by atoms with Gasteiger partial charge in [-0.15, -0.1) is 0 Å². The average Bonchev–Trinajstić information content (AvgIpc) is 2.08. The molecule has 0 radical (unpaired) electrons. The van der Waals surface area contributed by atoms with Gasteiger partial charge in [-0.25, -0.2) is 13.6 Å². The molecule has 0 fully saturated rings. The Bertz CT molecular complexity index is 373. The molecule has 0 spiro atoms. The first kappa shape index (κ1) is 10.6. The molecule has 1 rings (SSSR count). The summed E-state index contributed by atoms with van der Waals surface area (Å²) in [7, 11) is 0. The van der Waals surface area contributed by atoms with E-state index in [4.69, 9.17) is 5.11 Å². The zero-order chi connectivity index (χ0) is 10.9. The van der Waals surface area contributed by atoms with Gasteiger partial charge in [-0.2, -0.15) is 0 Å². The third-order valence-electron chi connectivity index (χ3n) is 1.96. The molecule has 1 aromatic rings. The Hall–Kier alpha value is -1.45. The van der Waals surface area contributed by atoms with Gasteiger partial charge in [0.2, 0.25) is 0 Å². The van der Waals surface area contributed by atoms with Crippen LogP contribution in [0.3, 0.4) is 0 Å². The number of hydrogen-bond acceptors (Lipinski definition) is 1. The predicted molar refractivity (Wildman–Crippen MR) is 47.4 cm³/mol. The Kier molecular flexibility index (Phi) is 2.84. The SMILES string of the molecule is CC(C)c1ccc(C(=O)O)c(F)c1F. The van der Waals surface area contributed by atoms with E-state index in [-0.39, 0.29) is 11.5 Å². The molecule has 2 nitrogen and oxygen atoms in total. The van der Waals surface area contributed by atoms with Crippen LogP contribution in [0.2, 0.25) is 0 Å². The molecule has 0 saturated heterocycles. The average molecular weight is 200 g/mol. The molecule has 1 aromatic carbocycles. The first-order chi connectivity index (χ1) is 6.45. The van der Waals surface area contributed by atoms with Crippen LogP contribution in [-0.2, 0) is 0 Å². The van der Waals surface area contributed by atoms with Crippen molar-refractivity contribution >= 4 is 5.97 Å². The van der Waals surface area contributed by atoms with Crippen molar-refractivity contribution in [3.05, 3.63) is 34.9 Å². The van der Waals surface area contributed by atoms with E-state index in [9.17, 15) is 13.6 Å². The van der Waals surface area contributed by atoms with Gasteiger partial charge in [0, 0.05) is 0 Å². The molecule has 1 N–H and O–H groups in total. The van der Waals surface area contributed by atoms with Crippen molar-refractivity contribution in [2.75, 3.05) is 0 Å². The Labute approximate surface area is 80.2 Å². The van der Waals surface area contributed by atoms with Crippen LogP contribution in [0.15, 0.2) is 12.1 Å². The molecule has 4 heteroatoms. The molecule has 0 aromatic heterocycles. The molecule has 0 bridgehead atoms. The van der Waals surface area contributed by atoms with Crippen molar-refractivity contribution in [1.82, 2.24) is 0 Å². The first-order valence-corrected chi connectivity index (χ1v) is 4.16. The second kappa shape index (κ2) is 3.74. The Morgan fingerprint density at radius 1 is 1.29 bits per heavy atom. The van der Waals surface area contributed by atoms with Gasteiger partial charge in [0.15, 0.2) is 11.6 Å². The van der Waals surface area contributed by atoms with E-state index in [2.05, 4.69) is 0 Å². The maximum Gasteiger partial charge on any atom is 0.338 e. The summed E-state index contributed by atoms with van der Waals surface area (Å²) in [6.07, 6.45) is 0. The standard InChI is InChI=1S/C10H10F2O2/c1-5(2)6-3-4-7(10(13)14)9(12)8(6)11/h3-5H,1-2H3,(H,13,14). The molecule has 76 valence electrons. The lowest BCUT2D eigenvalue weighted by Crippen LogP contribution is -2.06. The highest BCUT2D eigenvalue weighted by Gasteiger charge is 2.18. The quantitative estimate of drug-likeness (QED) is 0.796. The summed E-state index contributed by atoms with van der Waals surface area (Å²) in [5, 5.41) is 8.51. The minimum atomic E-state index is -1.46. The van der Waals surface area contributed by atoms with Crippen LogP contribution in [0, 0.1) is 11.6 Å². The lowest BCUT2D eigenvalue weighted by molar-refractivity contribution is 0.0690. The van der Waals surface area contributed by atoms with E-state index in [0.29, 0.717) is 0 Å². The molecule has 0 amide bonds. The van der Waals surface area contributed by atoms with Gasteiger partial charge in [-0.1, -0.05) is 19.9 Å². The number of aromatic carboxylic acids is 1. The maximum atomic E-state index is 13.2. The first-order valence-electron chi connectivity index (χ1n) is 4.16. The van der Waals surface area contributed by atoms with Gasteiger partial charge >= 0.3 is 5.97 Å². The summed E-state index contributed by atoms with van der Waals surface area (Å²) in [4.78, 5) is 10.4. The fourth-order valence-electron chi connectivity index (χ4n) is 1.18. The summed E-state index contributed by atoms with van der Waals surface area (Å²) in [5.74, 6) is -3.99. The molecule has 0 aliphatic rings. The molecule has 14 heavy (non-hydrogen) atoms. The van der Waals surface area contributed by atoms with Gasteiger partial charge in [0.1, 0.15) is 0 Å². The van der Waals surface area contributed by atoms with Crippen molar-refractivity contribution in [2.24, 2.45) is 0 Å². The van der Waals surface area contributed by atoms with Crippen molar-refractivity contribution in [3.8, 4) is 0 Å². The minimum Gasteiger partial charge on any atom is -0.478 e. The van der Waals surface area contributed by atoms with Crippen LogP contribution in [0.5, 0.6) is 0 Å². The lowest BCUT2D eigenvalue weighted by atomic mass is 10.0. The molecule has 0 heterocycles. The van der Waals surface area contributed by atoms with Crippen molar-refractivity contribution < 1.29 is 18.7 Å². The number of carboxylic acids is 1. The van der Waals surface area contributed by atoms with Gasteiger partial charge in [0.05, 0.1) is 5.56 Å². The fourth-order valence-corrected chi connectivity index (χ4v) is 1.18. The van der Waals surface area contributed by atoms with Crippen molar-refractivity contribution in [1.29, 1.82) is 0 Å². The van der Waals surface area contributed by atoms with E-state index in [1.165, 1.54) is 6.07 Å². The zero-order valence-electron chi connectivity index (χ0n) is 7.84. The summed E-state index contributed by atoms with van der Waals surface area (Å²) >= 11 is 0. The second-order valence-corrected chi connectivity index (χ2v) is 3.29. The third-order valence-corrected chi connectivity index (χ3v) is 1.96. The van der Waals surface area contributed by atoms with Crippen LogP contribution >= 0.6 is 0 Å². The van der Waals surface area contributed by atoms with Crippen LogP contribution in [0.4, 0.5) is 8.78 Å². The molecule has 0 aliphatic heterocycles. The number of carboxylic acid groups (broad SMARTS) is 1. The zero-order valence-corrected chi connectivity index (χ0v) is 7.84. The van der Waals surface area contributed by atoms with E-state index < -0.39 is 23.2 Å². The number of hydrogen-bond donors (Lipinski definition) is 1. The summed E-state index contributed by atoms with van der Waals surface area (Å²) in [6, 6.07) is 2.38. The third kappa shape index (κ3) is 1.73. The van der Waals surface area contributed by atoms with Gasteiger partial charge < -0.3 is 5.11 Å². The van der Waals surface area contributed by atoms with Crippen molar-refractivity contribution in [2.45, 2.75) is 19.8 Å². The summed E-state index contributed by atoms with van der Waals surface area (Å²) in [5.41, 5.74) is -0.445. The molecule has 0 unspecified atom stereocenters. The van der Waals surface area contributed by atoms with Crippen molar-refractivity contribution in [3.63, 3.8) is 0 Å². The molecule has 0 saturated carbocycles. The smallest absolute Gasteiger partial charge is 0.338 e. The van der Waals surface area contributed by atoms with Gasteiger partial charge in [-0.05, 0) is 17.5 Å². The topological polar surface area (TPSA) is 37.3 Å². The monoisotopic (exact) mass is 200 g/mol. The maximum absolute atomic E-state index is 13.2. The highest BCUT2D eigenvalue weighted by atomic mass is 19.2. The molecular formula is C10H10F2O2. The predicted octanol–water partition coefficient (Wildman–Crippen LogP) is 2.79. The molecule has 0 aliphatic carbocycles. The minimum absolute atomic E-state index is 0.174. The largest absolute Gasteiger partial charge is 0.478 e. The van der Waals surface area contributed by atoms with Gasteiger partial charge in [0.25, 0.3) is 0 Å². The lowest BCUT2D eigenvalue weighted by Gasteiger charge is -2.08. The number of rotatable bonds is 2. The number of carbonyl (C=O) groups is 1. The van der Waals surface area contributed by atoms with E-state index in [1.54, 1.807) is 13.8 Å². The highest BCUT2D eigenvalue weighted by molar-refractivity contribution is 5.88. The molecule has 0 atom stereocenters. The fraction of sp³-hybridized carbons (Fsp3) is 0.300. The second-order valence-electron chi connectivity index (χ2n) is 3.29. The number of benzene rings is 1. The Morgan fingerprint density at radius 3 is 2.29 bits per heavy atom. The summed E-state index contributed by atoms with van der Waals surface area (Å²) < 4.78 is 26.4. The van der Waals surface area contributed by atoms with Gasteiger partial charge in [-0.3, -0.25) is 0 Å². The normalized spacial score (nSPS) is 10.6. The number of halogens is 2. The highest BCUT2D eigenvalue weighted by Crippen LogP contribution is 2.22. The Morgan fingerprint density at radius 2 is 1.86 bits per heavy atom. The van der Waals surface area contributed by atoms with E-state index in [1.807, 2.05) is 0 Å². The van der Waals surface area contributed by atoms with Crippen LogP contribution < -0.4 is 0 Å². The summed E-state index contributed by atoms with van der Waals surface area (Å²) in [6.45, 7) is 3.41.